The summed E-state index contributed by atoms with van der Waals surface area (Å²) in [5.41, 5.74) is -4.44. The van der Waals surface area contributed by atoms with Crippen LogP contribution in [0.1, 0.15) is 21.5 Å². The third-order valence-electron chi connectivity index (χ3n) is 5.80. The third-order valence-corrected chi connectivity index (χ3v) is 6.83. The number of carbonyl (C=O) groups excluding carboxylic acids is 1. The molecule has 1 N–H and O–H groups in total. The van der Waals surface area contributed by atoms with Gasteiger partial charge >= 0.3 is 12.4 Å². The molecule has 0 fully saturated rings. The molecule has 0 aliphatic carbocycles. The Balaban J connectivity index is 1.72. The van der Waals surface area contributed by atoms with Crippen LogP contribution in [0, 0.1) is 5.82 Å². The van der Waals surface area contributed by atoms with E-state index in [1.807, 2.05) is 5.32 Å². The number of nitrogens with zero attached hydrogens (tertiary/aromatic N) is 1. The van der Waals surface area contributed by atoms with E-state index in [1.165, 1.54) is 28.5 Å². The number of benzene rings is 3. The second kappa shape index (κ2) is 8.65. The van der Waals surface area contributed by atoms with E-state index in [9.17, 15) is 40.3 Å². The van der Waals surface area contributed by atoms with E-state index < -0.39 is 52.0 Å². The Bertz CT molecular complexity index is 1590. The molecule has 3 aromatic carbocycles. The maximum atomic E-state index is 13.6. The maximum Gasteiger partial charge on any atom is 0.416 e. The third kappa shape index (κ3) is 4.45. The molecule has 0 radical (unpaired) electrons. The molecule has 0 unspecified atom stereocenters. The zero-order valence-corrected chi connectivity index (χ0v) is 19.1. The van der Waals surface area contributed by atoms with E-state index in [0.717, 1.165) is 17.0 Å². The Morgan fingerprint density at radius 1 is 0.892 bits per heavy atom. The van der Waals surface area contributed by atoms with Crippen molar-refractivity contribution in [1.29, 1.82) is 0 Å². The minimum absolute atomic E-state index is 0.0656. The lowest BCUT2D eigenvalue weighted by Gasteiger charge is -2.17. The molecule has 4 aromatic rings. The molecule has 0 saturated carbocycles. The highest BCUT2D eigenvalue weighted by Gasteiger charge is 2.37. The van der Waals surface area contributed by atoms with Gasteiger partial charge in [0.2, 0.25) is 0 Å². The van der Waals surface area contributed by atoms with Crippen LogP contribution in [0.2, 0.25) is 0 Å². The second-order valence-electron chi connectivity index (χ2n) is 8.16. The van der Waals surface area contributed by atoms with Crippen molar-refractivity contribution in [1.82, 2.24) is 4.57 Å². The van der Waals surface area contributed by atoms with Crippen LogP contribution in [0.25, 0.3) is 22.0 Å². The Morgan fingerprint density at radius 2 is 1.51 bits per heavy atom. The molecule has 0 saturated heterocycles. The van der Waals surface area contributed by atoms with Gasteiger partial charge in [-0.15, -0.1) is 11.8 Å². The smallest absolute Gasteiger partial charge is 0.322 e. The van der Waals surface area contributed by atoms with E-state index in [1.54, 1.807) is 18.2 Å². The summed E-state index contributed by atoms with van der Waals surface area (Å²) in [4.78, 5) is 27.6. The minimum atomic E-state index is -5.12. The number of alkyl halides is 6. The van der Waals surface area contributed by atoms with Crippen molar-refractivity contribution in [2.75, 3.05) is 5.32 Å². The van der Waals surface area contributed by atoms with E-state index in [2.05, 4.69) is 0 Å². The molecule has 2 heterocycles. The number of aromatic nitrogens is 1. The minimum Gasteiger partial charge on any atom is -0.322 e. The number of nitrogens with one attached hydrogen (secondary N) is 1. The number of amides is 1. The second-order valence-corrected chi connectivity index (χ2v) is 9.15. The van der Waals surface area contributed by atoms with Crippen molar-refractivity contribution in [3.8, 4) is 11.1 Å². The molecule has 1 aromatic heterocycles. The fourth-order valence-electron chi connectivity index (χ4n) is 4.20. The topological polar surface area (TPSA) is 51.1 Å². The summed E-state index contributed by atoms with van der Waals surface area (Å²) >= 11 is 1.32. The summed E-state index contributed by atoms with van der Waals surface area (Å²) in [6.07, 6.45) is -10.2. The molecule has 1 aliphatic heterocycles. The van der Waals surface area contributed by atoms with Gasteiger partial charge in [-0.1, -0.05) is 24.3 Å². The van der Waals surface area contributed by atoms with Crippen LogP contribution in [0.4, 0.5) is 36.4 Å². The van der Waals surface area contributed by atoms with Crippen molar-refractivity contribution in [2.24, 2.45) is 0 Å². The highest BCUT2D eigenvalue weighted by molar-refractivity contribution is 7.98. The number of pyridine rings is 1. The Labute approximate surface area is 207 Å². The van der Waals surface area contributed by atoms with Gasteiger partial charge in [-0.25, -0.2) is 4.39 Å². The van der Waals surface area contributed by atoms with E-state index >= 15 is 0 Å². The first kappa shape index (κ1) is 24.9. The van der Waals surface area contributed by atoms with E-state index in [-0.39, 0.29) is 23.1 Å². The normalized spacial score (nSPS) is 13.3. The van der Waals surface area contributed by atoms with Gasteiger partial charge in [0.15, 0.2) is 0 Å². The molecule has 1 aliphatic rings. The standard InChI is InChI=1S/C25H13F7N2O2S/c26-15-6-4-12(5-7-15)19-17-2-1-3-18-21(17)34(11-37-18)23(36)20(19)22(35)33-16-9-13(24(27,28)29)8-14(10-16)25(30,31)32/h1-10H,11H2,(H,33,35). The zero-order chi connectivity index (χ0) is 26.7. The molecule has 12 heteroatoms. The number of carbonyl (C=O) groups is 1. The highest BCUT2D eigenvalue weighted by Crippen LogP contribution is 2.41. The van der Waals surface area contributed by atoms with Gasteiger partial charge in [0.25, 0.3) is 11.5 Å². The molecule has 1 amide bonds. The van der Waals surface area contributed by atoms with Gasteiger partial charge in [0, 0.05) is 21.5 Å². The quantitative estimate of drug-likeness (QED) is 0.282. The van der Waals surface area contributed by atoms with Gasteiger partial charge in [-0.2, -0.15) is 26.3 Å². The maximum absolute atomic E-state index is 13.6. The molecule has 5 rings (SSSR count). The summed E-state index contributed by atoms with van der Waals surface area (Å²) in [7, 11) is 0. The van der Waals surface area contributed by atoms with Crippen LogP contribution in [0.5, 0.6) is 0 Å². The zero-order valence-electron chi connectivity index (χ0n) is 18.3. The summed E-state index contributed by atoms with van der Waals surface area (Å²) in [5.74, 6) is -1.64. The molecule has 4 nitrogen and oxygen atoms in total. The van der Waals surface area contributed by atoms with Gasteiger partial charge in [-0.3, -0.25) is 14.2 Å². The SMILES string of the molecule is O=C(Nc1cc(C(F)(F)F)cc(C(F)(F)F)c1)c1c(-c2ccc(F)cc2)c2cccc3c2n(c1=O)CS3. The van der Waals surface area contributed by atoms with Crippen LogP contribution in [0.15, 0.2) is 70.4 Å². The van der Waals surface area contributed by atoms with Crippen molar-refractivity contribution in [2.45, 2.75) is 23.1 Å². The lowest BCUT2D eigenvalue weighted by Crippen LogP contribution is -2.29. The van der Waals surface area contributed by atoms with E-state index in [4.69, 9.17) is 0 Å². The summed E-state index contributed by atoms with van der Waals surface area (Å²) in [6, 6.07) is 10.6. The predicted molar refractivity (Wildman–Crippen MR) is 124 cm³/mol. The fourth-order valence-corrected chi connectivity index (χ4v) is 5.25. The highest BCUT2D eigenvalue weighted by atomic mass is 32.2. The number of rotatable bonds is 3. The lowest BCUT2D eigenvalue weighted by atomic mass is 9.95. The van der Waals surface area contributed by atoms with E-state index in [0.29, 0.717) is 23.0 Å². The number of thioether (sulfide) groups is 1. The van der Waals surface area contributed by atoms with Crippen LogP contribution in [-0.2, 0) is 18.2 Å². The van der Waals surface area contributed by atoms with Crippen molar-refractivity contribution < 1.29 is 35.5 Å². The largest absolute Gasteiger partial charge is 0.416 e. The number of hydrogen-bond acceptors (Lipinski definition) is 3. The Hall–Kier alpha value is -3.80. The lowest BCUT2D eigenvalue weighted by molar-refractivity contribution is -0.143. The fraction of sp³-hybridized carbons (Fsp3) is 0.120. The predicted octanol–water partition coefficient (Wildman–Crippen LogP) is 7.16. The molecule has 37 heavy (non-hydrogen) atoms. The van der Waals surface area contributed by atoms with Gasteiger partial charge in [-0.05, 0) is 42.0 Å². The first-order valence-corrected chi connectivity index (χ1v) is 11.5. The monoisotopic (exact) mass is 538 g/mol. The number of hydrogen-bond donors (Lipinski definition) is 1. The first-order valence-electron chi connectivity index (χ1n) is 10.5. The average molecular weight is 538 g/mol. The summed E-state index contributed by atoms with van der Waals surface area (Å²) < 4.78 is 94.7. The van der Waals surface area contributed by atoms with Crippen LogP contribution >= 0.6 is 11.8 Å². The molecule has 190 valence electrons. The van der Waals surface area contributed by atoms with Crippen LogP contribution < -0.4 is 10.9 Å². The Morgan fingerprint density at radius 3 is 2.11 bits per heavy atom. The first-order chi connectivity index (χ1) is 17.3. The summed E-state index contributed by atoms with van der Waals surface area (Å²) in [6.45, 7) is 0. The number of halogens is 7. The van der Waals surface area contributed by atoms with Gasteiger partial charge < -0.3 is 5.32 Å². The molecule has 0 spiro atoms. The van der Waals surface area contributed by atoms with Crippen molar-refractivity contribution in [3.63, 3.8) is 0 Å². The van der Waals surface area contributed by atoms with Crippen molar-refractivity contribution in [3.05, 3.63) is 93.5 Å². The molecular weight excluding hydrogens is 525 g/mol. The Kier molecular flexibility index (Phi) is 5.81. The molecule has 0 atom stereocenters. The molecular formula is C25H13F7N2O2S. The average Bonchev–Trinajstić information content (AvgIpc) is 3.26. The van der Waals surface area contributed by atoms with Crippen LogP contribution in [0.3, 0.4) is 0 Å². The van der Waals surface area contributed by atoms with Gasteiger partial charge in [0.05, 0.1) is 22.5 Å². The van der Waals surface area contributed by atoms with Crippen molar-refractivity contribution >= 4 is 34.3 Å². The molecule has 0 bridgehead atoms. The number of anilines is 1. The summed E-state index contributed by atoms with van der Waals surface area (Å²) in [5, 5.41) is 2.49. The number of para-hydroxylation sites is 1. The van der Waals surface area contributed by atoms with Crippen LogP contribution in [-0.4, -0.2) is 10.5 Å². The van der Waals surface area contributed by atoms with Gasteiger partial charge in [0.1, 0.15) is 11.4 Å².